The van der Waals surface area contributed by atoms with Crippen molar-refractivity contribution in [2.75, 3.05) is 13.2 Å². The minimum absolute atomic E-state index is 0.261. The summed E-state index contributed by atoms with van der Waals surface area (Å²) in [6.45, 7) is 6.67. The van der Waals surface area contributed by atoms with Crippen LogP contribution in [0, 0.1) is 5.92 Å². The van der Waals surface area contributed by atoms with Crippen LogP contribution in [0.5, 0.6) is 0 Å². The van der Waals surface area contributed by atoms with Gasteiger partial charge in [-0.25, -0.2) is 4.39 Å². The molecular weight excluding hydrogens is 129 g/mol. The van der Waals surface area contributed by atoms with Crippen LogP contribution in [0.25, 0.3) is 0 Å². The van der Waals surface area contributed by atoms with Crippen LogP contribution in [-0.2, 0) is 0 Å². The van der Waals surface area contributed by atoms with Gasteiger partial charge in [0.05, 0.1) is 0 Å². The topological polar surface area (TPSA) is 12.0 Å². The van der Waals surface area contributed by atoms with Crippen molar-refractivity contribution in [3.05, 3.63) is 0 Å². The average Bonchev–Trinajstić information content (AvgIpc) is 1.82. The second kappa shape index (κ2) is 5.66. The molecule has 0 aliphatic carbocycles. The van der Waals surface area contributed by atoms with Crippen LogP contribution in [0.1, 0.15) is 27.2 Å². The fourth-order valence-corrected chi connectivity index (χ4v) is 1.09. The number of halogens is 1. The van der Waals surface area contributed by atoms with E-state index in [4.69, 9.17) is 0 Å². The molecule has 0 heterocycles. The van der Waals surface area contributed by atoms with E-state index in [1.807, 2.05) is 0 Å². The van der Waals surface area contributed by atoms with Gasteiger partial charge in [-0.3, -0.25) is 0 Å². The Balaban J connectivity index is 3.16. The summed E-state index contributed by atoms with van der Waals surface area (Å²) in [5, 5.41) is 3.09. The zero-order valence-electron chi connectivity index (χ0n) is 7.15. The van der Waals surface area contributed by atoms with Crippen LogP contribution >= 0.6 is 0 Å². The maximum Gasteiger partial charge on any atom is 0.102 e. The summed E-state index contributed by atoms with van der Waals surface area (Å²) < 4.78 is 11.6. The van der Waals surface area contributed by atoms with Gasteiger partial charge in [0.25, 0.3) is 0 Å². The van der Waals surface area contributed by atoms with E-state index < -0.39 is 0 Å². The third kappa shape index (κ3) is 6.02. The van der Waals surface area contributed by atoms with E-state index in [9.17, 15) is 4.39 Å². The molecule has 0 saturated carbocycles. The molecule has 0 aromatic carbocycles. The molecule has 62 valence electrons. The van der Waals surface area contributed by atoms with E-state index in [0.29, 0.717) is 18.5 Å². The van der Waals surface area contributed by atoms with E-state index in [-0.39, 0.29) is 6.67 Å². The van der Waals surface area contributed by atoms with Gasteiger partial charge in [0.15, 0.2) is 0 Å². The lowest BCUT2D eigenvalue weighted by Crippen LogP contribution is -2.29. The summed E-state index contributed by atoms with van der Waals surface area (Å²) in [6, 6.07) is 0.454. The molecule has 0 saturated heterocycles. The Labute approximate surface area is 63.0 Å². The molecule has 1 N–H and O–H groups in total. The standard InChI is InChI=1S/C8H18FN/c1-7(2)6-8(3)10-5-4-9/h7-8,10H,4-6H2,1-3H3. The molecule has 0 radical (unpaired) electrons. The van der Waals surface area contributed by atoms with Crippen molar-refractivity contribution in [3.63, 3.8) is 0 Å². The predicted molar refractivity (Wildman–Crippen MR) is 42.9 cm³/mol. The lowest BCUT2D eigenvalue weighted by atomic mass is 10.1. The van der Waals surface area contributed by atoms with Crippen LogP contribution in [0.2, 0.25) is 0 Å². The van der Waals surface area contributed by atoms with E-state index in [0.717, 1.165) is 6.42 Å². The van der Waals surface area contributed by atoms with Crippen molar-refractivity contribution in [2.24, 2.45) is 5.92 Å². The van der Waals surface area contributed by atoms with Gasteiger partial charge >= 0.3 is 0 Å². The molecule has 1 unspecified atom stereocenters. The van der Waals surface area contributed by atoms with E-state index in [1.165, 1.54) is 0 Å². The third-order valence-corrected chi connectivity index (χ3v) is 1.41. The largest absolute Gasteiger partial charge is 0.312 e. The lowest BCUT2D eigenvalue weighted by Gasteiger charge is -2.14. The van der Waals surface area contributed by atoms with Gasteiger partial charge in [-0.15, -0.1) is 0 Å². The van der Waals surface area contributed by atoms with Gasteiger partial charge < -0.3 is 5.32 Å². The fraction of sp³-hybridized carbons (Fsp3) is 1.00. The summed E-state index contributed by atoms with van der Waals surface area (Å²) in [4.78, 5) is 0. The van der Waals surface area contributed by atoms with Gasteiger partial charge in [-0.2, -0.15) is 0 Å². The molecule has 0 rings (SSSR count). The minimum atomic E-state index is -0.261. The molecule has 0 aliphatic rings. The third-order valence-electron chi connectivity index (χ3n) is 1.41. The van der Waals surface area contributed by atoms with Gasteiger partial charge in [0.2, 0.25) is 0 Å². The normalized spacial score (nSPS) is 14.1. The molecular formula is C8H18FN. The summed E-state index contributed by atoms with van der Waals surface area (Å²) in [5.74, 6) is 0.696. The van der Waals surface area contributed by atoms with Crippen LogP contribution < -0.4 is 5.32 Å². The highest BCUT2D eigenvalue weighted by molar-refractivity contribution is 4.61. The molecule has 0 spiro atoms. The molecule has 10 heavy (non-hydrogen) atoms. The highest BCUT2D eigenvalue weighted by atomic mass is 19.1. The number of nitrogens with one attached hydrogen (secondary N) is 1. The molecule has 0 bridgehead atoms. The number of hydrogen-bond acceptors (Lipinski definition) is 1. The average molecular weight is 147 g/mol. The van der Waals surface area contributed by atoms with Crippen molar-refractivity contribution >= 4 is 0 Å². The van der Waals surface area contributed by atoms with Crippen molar-refractivity contribution < 1.29 is 4.39 Å². The Morgan fingerprint density at radius 1 is 1.30 bits per heavy atom. The minimum Gasteiger partial charge on any atom is -0.312 e. The molecule has 0 aromatic heterocycles. The Morgan fingerprint density at radius 3 is 2.30 bits per heavy atom. The van der Waals surface area contributed by atoms with Gasteiger partial charge in [-0.05, 0) is 19.3 Å². The summed E-state index contributed by atoms with van der Waals surface area (Å²) in [5.41, 5.74) is 0. The Bertz CT molecular complexity index is 73.7. The molecule has 0 amide bonds. The van der Waals surface area contributed by atoms with E-state index >= 15 is 0 Å². The Kier molecular flexibility index (Phi) is 5.60. The summed E-state index contributed by atoms with van der Waals surface area (Å²) in [6.07, 6.45) is 1.12. The monoisotopic (exact) mass is 147 g/mol. The maximum absolute atomic E-state index is 11.6. The SMILES string of the molecule is CC(C)CC(C)NCCF. The Morgan fingerprint density at radius 2 is 1.90 bits per heavy atom. The molecule has 0 aliphatic heterocycles. The first-order valence-corrected chi connectivity index (χ1v) is 3.96. The van der Waals surface area contributed by atoms with Gasteiger partial charge in [0.1, 0.15) is 6.67 Å². The van der Waals surface area contributed by atoms with E-state index in [1.54, 1.807) is 0 Å². The highest BCUT2D eigenvalue weighted by Gasteiger charge is 2.02. The lowest BCUT2D eigenvalue weighted by molar-refractivity contribution is 0.402. The van der Waals surface area contributed by atoms with Crippen LogP contribution in [0.4, 0.5) is 4.39 Å². The second-order valence-corrected chi connectivity index (χ2v) is 3.17. The zero-order chi connectivity index (χ0) is 7.98. The smallest absolute Gasteiger partial charge is 0.102 e. The van der Waals surface area contributed by atoms with Crippen molar-refractivity contribution in [2.45, 2.75) is 33.2 Å². The highest BCUT2D eigenvalue weighted by Crippen LogP contribution is 2.02. The first-order chi connectivity index (χ1) is 4.66. The van der Waals surface area contributed by atoms with Gasteiger partial charge in [0, 0.05) is 12.6 Å². The van der Waals surface area contributed by atoms with Crippen LogP contribution in [0.3, 0.4) is 0 Å². The molecule has 0 fully saturated rings. The van der Waals surface area contributed by atoms with Crippen molar-refractivity contribution in [1.82, 2.24) is 5.32 Å². The fourth-order valence-electron chi connectivity index (χ4n) is 1.09. The van der Waals surface area contributed by atoms with Crippen LogP contribution in [-0.4, -0.2) is 19.3 Å². The summed E-state index contributed by atoms with van der Waals surface area (Å²) >= 11 is 0. The van der Waals surface area contributed by atoms with Crippen LogP contribution in [0.15, 0.2) is 0 Å². The number of alkyl halides is 1. The number of rotatable bonds is 5. The van der Waals surface area contributed by atoms with Crippen molar-refractivity contribution in [1.29, 1.82) is 0 Å². The first kappa shape index (κ1) is 9.89. The second-order valence-electron chi connectivity index (χ2n) is 3.17. The van der Waals surface area contributed by atoms with Crippen molar-refractivity contribution in [3.8, 4) is 0 Å². The zero-order valence-corrected chi connectivity index (χ0v) is 7.15. The summed E-state index contributed by atoms with van der Waals surface area (Å²) in [7, 11) is 0. The predicted octanol–water partition coefficient (Wildman–Crippen LogP) is 1.98. The molecule has 2 heteroatoms. The quantitative estimate of drug-likeness (QED) is 0.627. The molecule has 1 nitrogen and oxygen atoms in total. The van der Waals surface area contributed by atoms with Gasteiger partial charge in [-0.1, -0.05) is 13.8 Å². The Hall–Kier alpha value is -0.110. The molecule has 1 atom stereocenters. The molecule has 0 aromatic rings. The maximum atomic E-state index is 11.6. The first-order valence-electron chi connectivity index (χ1n) is 3.96. The number of hydrogen-bond donors (Lipinski definition) is 1. The van der Waals surface area contributed by atoms with E-state index in [2.05, 4.69) is 26.1 Å².